The molecule has 0 fully saturated rings. The molecule has 0 amide bonds. The van der Waals surface area contributed by atoms with Gasteiger partial charge in [0.15, 0.2) is 11.5 Å². The average molecular weight is 519 g/mol. The van der Waals surface area contributed by atoms with E-state index in [0.29, 0.717) is 17.9 Å². The predicted molar refractivity (Wildman–Crippen MR) is 141 cm³/mol. The molecule has 0 spiro atoms. The van der Waals surface area contributed by atoms with Gasteiger partial charge < -0.3 is 23.8 Å². The number of ether oxygens (including phenoxy) is 4. The zero-order valence-corrected chi connectivity index (χ0v) is 21.7. The van der Waals surface area contributed by atoms with Gasteiger partial charge in [0.1, 0.15) is 11.3 Å². The third-order valence-electron chi connectivity index (χ3n) is 6.01. The summed E-state index contributed by atoms with van der Waals surface area (Å²) in [6, 6.07) is 10.7. The lowest BCUT2D eigenvalue weighted by Gasteiger charge is -2.17. The molecule has 0 saturated heterocycles. The molecule has 0 saturated carbocycles. The van der Waals surface area contributed by atoms with Gasteiger partial charge in [0.2, 0.25) is 11.7 Å². The van der Waals surface area contributed by atoms with E-state index < -0.39 is 17.7 Å². The van der Waals surface area contributed by atoms with E-state index in [0.717, 1.165) is 55.2 Å². The molecular weight excluding hydrogens is 488 g/mol. The van der Waals surface area contributed by atoms with E-state index in [1.165, 1.54) is 6.20 Å². The zero-order valence-electron chi connectivity index (χ0n) is 21.7. The van der Waals surface area contributed by atoms with Crippen molar-refractivity contribution in [3.8, 4) is 23.1 Å². The Morgan fingerprint density at radius 1 is 0.921 bits per heavy atom. The Hall–Kier alpha value is -4.24. The Bertz CT molecular complexity index is 1380. The number of hydrogen-bond acceptors (Lipinski definition) is 9. The second-order valence-corrected chi connectivity index (χ2v) is 9.13. The van der Waals surface area contributed by atoms with Gasteiger partial charge in [-0.25, -0.2) is 14.6 Å². The number of rotatable bonds is 11. The number of methoxy groups -OCH3 is 1. The van der Waals surface area contributed by atoms with Crippen molar-refractivity contribution >= 4 is 28.5 Å². The first kappa shape index (κ1) is 26.8. The lowest BCUT2D eigenvalue weighted by molar-refractivity contribution is -0.133. The maximum absolute atomic E-state index is 13.8. The van der Waals surface area contributed by atoms with Crippen LogP contribution < -0.4 is 18.9 Å². The van der Waals surface area contributed by atoms with Gasteiger partial charge in [-0.2, -0.15) is 0 Å². The fourth-order valence-corrected chi connectivity index (χ4v) is 4.05. The Labute approximate surface area is 221 Å². The number of fused-ring (bicyclic) bond motifs is 2. The minimum Gasteiger partial charge on any atom is -0.497 e. The van der Waals surface area contributed by atoms with Gasteiger partial charge in [-0.05, 0) is 62.5 Å². The highest BCUT2D eigenvalue weighted by atomic mass is 16.6. The normalized spacial score (nSPS) is 13.8. The number of carbonyl (C=O) groups is 3. The quantitative estimate of drug-likeness (QED) is 0.208. The Kier molecular flexibility index (Phi) is 8.70. The summed E-state index contributed by atoms with van der Waals surface area (Å²) < 4.78 is 21.9. The van der Waals surface area contributed by atoms with Gasteiger partial charge in [0, 0.05) is 17.7 Å². The van der Waals surface area contributed by atoms with Crippen molar-refractivity contribution in [2.45, 2.75) is 25.7 Å². The second-order valence-electron chi connectivity index (χ2n) is 9.13. The zero-order chi connectivity index (χ0) is 27.1. The van der Waals surface area contributed by atoms with Crippen LogP contribution in [0.5, 0.6) is 23.1 Å². The van der Waals surface area contributed by atoms with Crippen LogP contribution in [0, 0.1) is 0 Å². The molecule has 2 aromatic carbocycles. The van der Waals surface area contributed by atoms with Crippen LogP contribution in [0.25, 0.3) is 10.8 Å². The van der Waals surface area contributed by atoms with E-state index in [-0.39, 0.29) is 22.9 Å². The van der Waals surface area contributed by atoms with E-state index in [1.54, 1.807) is 31.4 Å². The topological polar surface area (TPSA) is 104 Å². The smallest absolute Gasteiger partial charge is 0.336 e. The molecule has 4 rings (SSSR count). The Morgan fingerprint density at radius 2 is 1.63 bits per heavy atom. The SMILES string of the molecule is COc1ccc2cc(C(=O)c3c(OCCCCCCN(C)C)ncc4c3OC(=O)/C=C/C(=O)O4)ccc2c1. The lowest BCUT2D eigenvalue weighted by Crippen LogP contribution is -2.18. The number of hydrogen-bond donors (Lipinski definition) is 0. The number of carbonyl (C=O) groups excluding carboxylic acids is 3. The summed E-state index contributed by atoms with van der Waals surface area (Å²) >= 11 is 0. The average Bonchev–Trinajstić information content (AvgIpc) is 2.90. The molecule has 0 radical (unpaired) electrons. The highest BCUT2D eigenvalue weighted by molar-refractivity contribution is 6.14. The number of esters is 2. The van der Waals surface area contributed by atoms with Crippen LogP contribution in [0.2, 0.25) is 0 Å². The molecule has 0 unspecified atom stereocenters. The molecule has 0 aliphatic carbocycles. The Morgan fingerprint density at radius 3 is 2.39 bits per heavy atom. The molecule has 1 aromatic heterocycles. The Balaban J connectivity index is 1.65. The van der Waals surface area contributed by atoms with Crippen molar-refractivity contribution in [1.82, 2.24) is 9.88 Å². The predicted octanol–water partition coefficient (Wildman–Crippen LogP) is 4.36. The largest absolute Gasteiger partial charge is 0.497 e. The maximum atomic E-state index is 13.8. The standard InChI is InChI=1S/C29H30N2O7/c1-31(2)14-6-4-5-7-15-36-29-26(28-23(18-30-29)37-24(32)12-13-25(33)38-28)27(34)21-9-8-20-17-22(35-3)11-10-19(20)16-21/h8-13,16-18H,4-7,14-15H2,1-3H3/b13-12+. The third-order valence-corrected chi connectivity index (χ3v) is 6.01. The van der Waals surface area contributed by atoms with Crippen LogP contribution in [0.1, 0.15) is 41.6 Å². The molecule has 1 aliphatic rings. The highest BCUT2D eigenvalue weighted by Crippen LogP contribution is 2.39. The summed E-state index contributed by atoms with van der Waals surface area (Å²) in [6.45, 7) is 1.34. The fraction of sp³-hybridized carbons (Fsp3) is 0.310. The molecule has 9 nitrogen and oxygen atoms in total. The second kappa shape index (κ2) is 12.3. The molecule has 1 aliphatic heterocycles. The van der Waals surface area contributed by atoms with Gasteiger partial charge in [0.05, 0.1) is 19.9 Å². The number of nitrogens with zero attached hydrogens (tertiary/aromatic N) is 2. The molecule has 3 aromatic rings. The molecule has 198 valence electrons. The van der Waals surface area contributed by atoms with Crippen LogP contribution in [-0.4, -0.2) is 62.0 Å². The first-order valence-corrected chi connectivity index (χ1v) is 12.4. The van der Waals surface area contributed by atoms with E-state index in [1.807, 2.05) is 26.2 Å². The first-order valence-electron chi connectivity index (χ1n) is 12.4. The van der Waals surface area contributed by atoms with Crippen molar-refractivity contribution in [3.63, 3.8) is 0 Å². The van der Waals surface area contributed by atoms with Crippen LogP contribution in [0.4, 0.5) is 0 Å². The van der Waals surface area contributed by atoms with Crippen molar-refractivity contribution in [2.24, 2.45) is 0 Å². The monoisotopic (exact) mass is 518 g/mol. The van der Waals surface area contributed by atoms with Crippen molar-refractivity contribution in [3.05, 3.63) is 65.9 Å². The van der Waals surface area contributed by atoms with E-state index in [9.17, 15) is 14.4 Å². The summed E-state index contributed by atoms with van der Waals surface area (Å²) in [5.74, 6) is -1.73. The van der Waals surface area contributed by atoms with Crippen molar-refractivity contribution in [2.75, 3.05) is 34.4 Å². The number of benzene rings is 2. The van der Waals surface area contributed by atoms with E-state index in [4.69, 9.17) is 18.9 Å². The van der Waals surface area contributed by atoms with Crippen LogP contribution >= 0.6 is 0 Å². The van der Waals surface area contributed by atoms with Crippen LogP contribution in [-0.2, 0) is 9.59 Å². The minimum atomic E-state index is -0.819. The molecular formula is C29H30N2O7. The van der Waals surface area contributed by atoms with Crippen LogP contribution in [0.3, 0.4) is 0 Å². The number of ketones is 1. The molecule has 0 bridgehead atoms. The van der Waals surface area contributed by atoms with Crippen molar-refractivity contribution < 1.29 is 33.3 Å². The number of pyridine rings is 1. The summed E-state index contributed by atoms with van der Waals surface area (Å²) in [7, 11) is 5.67. The van der Waals surface area contributed by atoms with E-state index >= 15 is 0 Å². The van der Waals surface area contributed by atoms with Gasteiger partial charge in [-0.3, -0.25) is 4.79 Å². The fourth-order valence-electron chi connectivity index (χ4n) is 4.05. The summed E-state index contributed by atoms with van der Waals surface area (Å²) in [6.07, 6.45) is 6.95. The minimum absolute atomic E-state index is 0.00488. The van der Waals surface area contributed by atoms with E-state index in [2.05, 4.69) is 9.88 Å². The molecule has 9 heteroatoms. The van der Waals surface area contributed by atoms with Gasteiger partial charge in [-0.1, -0.05) is 31.0 Å². The molecule has 0 N–H and O–H groups in total. The van der Waals surface area contributed by atoms with Crippen LogP contribution in [0.15, 0.2) is 54.7 Å². The number of aromatic nitrogens is 1. The third kappa shape index (κ3) is 6.54. The van der Waals surface area contributed by atoms with Gasteiger partial charge >= 0.3 is 11.9 Å². The molecule has 0 atom stereocenters. The highest BCUT2D eigenvalue weighted by Gasteiger charge is 2.29. The van der Waals surface area contributed by atoms with Gasteiger partial charge in [0.25, 0.3) is 0 Å². The number of unbranched alkanes of at least 4 members (excludes halogenated alkanes) is 3. The van der Waals surface area contributed by atoms with Crippen molar-refractivity contribution in [1.29, 1.82) is 0 Å². The maximum Gasteiger partial charge on any atom is 0.336 e. The summed E-state index contributed by atoms with van der Waals surface area (Å²) in [5, 5.41) is 1.70. The summed E-state index contributed by atoms with van der Waals surface area (Å²) in [4.78, 5) is 44.6. The van der Waals surface area contributed by atoms with Gasteiger partial charge in [-0.15, -0.1) is 0 Å². The molecule has 38 heavy (non-hydrogen) atoms. The summed E-state index contributed by atoms with van der Waals surface area (Å²) in [5.41, 5.74) is 0.241. The molecule has 2 heterocycles. The lowest BCUT2D eigenvalue weighted by atomic mass is 9.99. The first-order chi connectivity index (χ1) is 18.4.